The highest BCUT2D eigenvalue weighted by Crippen LogP contribution is 2.21. The average Bonchev–Trinajstić information content (AvgIpc) is 2.65. The molecule has 0 aromatic heterocycles. The summed E-state index contributed by atoms with van der Waals surface area (Å²) in [6.45, 7) is 0.410. The van der Waals surface area contributed by atoms with E-state index in [1.165, 1.54) is 0 Å². The van der Waals surface area contributed by atoms with Crippen molar-refractivity contribution in [2.45, 2.75) is 13.2 Å². The summed E-state index contributed by atoms with van der Waals surface area (Å²) >= 11 is 10.8. The molecular formula is C18H16Cl2O4. The van der Waals surface area contributed by atoms with Gasteiger partial charge in [0, 0.05) is 0 Å². The lowest BCUT2D eigenvalue weighted by Gasteiger charge is -2.07. The molecule has 126 valence electrons. The fraction of sp³-hybridized carbons (Fsp3) is 0.222. The molecule has 0 aliphatic rings. The van der Waals surface area contributed by atoms with E-state index >= 15 is 0 Å². The molecular weight excluding hydrogens is 351 g/mol. The SMILES string of the molecule is O=C(CCl)OCc1ccc(-c2ccc(COC(=O)CCl)cc2)cc1. The van der Waals surface area contributed by atoms with Crippen molar-refractivity contribution in [2.24, 2.45) is 0 Å². The van der Waals surface area contributed by atoms with Crippen molar-refractivity contribution in [3.63, 3.8) is 0 Å². The molecule has 0 unspecified atom stereocenters. The van der Waals surface area contributed by atoms with Crippen molar-refractivity contribution >= 4 is 35.1 Å². The van der Waals surface area contributed by atoms with Crippen molar-refractivity contribution < 1.29 is 19.1 Å². The molecule has 0 bridgehead atoms. The number of hydrogen-bond acceptors (Lipinski definition) is 4. The van der Waals surface area contributed by atoms with E-state index in [9.17, 15) is 9.59 Å². The van der Waals surface area contributed by atoms with E-state index in [4.69, 9.17) is 32.7 Å². The molecule has 0 atom stereocenters. The Morgan fingerprint density at radius 3 is 1.29 bits per heavy atom. The fourth-order valence-electron chi connectivity index (χ4n) is 1.99. The number of rotatable bonds is 7. The van der Waals surface area contributed by atoms with E-state index < -0.39 is 11.9 Å². The van der Waals surface area contributed by atoms with Crippen LogP contribution < -0.4 is 0 Å². The van der Waals surface area contributed by atoms with Gasteiger partial charge in [0.25, 0.3) is 0 Å². The van der Waals surface area contributed by atoms with Crippen LogP contribution in [0.5, 0.6) is 0 Å². The molecule has 2 aromatic rings. The first-order valence-electron chi connectivity index (χ1n) is 7.24. The molecule has 0 radical (unpaired) electrons. The lowest BCUT2D eigenvalue weighted by Crippen LogP contribution is -2.05. The van der Waals surface area contributed by atoms with Crippen molar-refractivity contribution in [1.82, 2.24) is 0 Å². The Labute approximate surface area is 150 Å². The van der Waals surface area contributed by atoms with Crippen LogP contribution in [0, 0.1) is 0 Å². The lowest BCUT2D eigenvalue weighted by atomic mass is 10.0. The molecule has 6 heteroatoms. The van der Waals surface area contributed by atoms with Gasteiger partial charge in [-0.25, -0.2) is 0 Å². The Morgan fingerprint density at radius 1 is 0.667 bits per heavy atom. The predicted octanol–water partition coefficient (Wildman–Crippen LogP) is 3.92. The molecule has 0 saturated heterocycles. The number of ether oxygens (including phenoxy) is 2. The highest BCUT2D eigenvalue weighted by molar-refractivity contribution is 6.26. The maximum absolute atomic E-state index is 11.0. The summed E-state index contributed by atoms with van der Waals surface area (Å²) in [4.78, 5) is 22.1. The Morgan fingerprint density at radius 2 is 1.00 bits per heavy atom. The molecule has 4 nitrogen and oxygen atoms in total. The fourth-order valence-corrected chi connectivity index (χ4v) is 2.15. The molecule has 0 spiro atoms. The van der Waals surface area contributed by atoms with Gasteiger partial charge in [0.1, 0.15) is 25.0 Å². The Balaban J connectivity index is 1.96. The van der Waals surface area contributed by atoms with Gasteiger partial charge in [-0.3, -0.25) is 9.59 Å². The third-order valence-electron chi connectivity index (χ3n) is 3.26. The second-order valence-corrected chi connectivity index (χ2v) is 5.52. The van der Waals surface area contributed by atoms with Crippen molar-refractivity contribution in [1.29, 1.82) is 0 Å². The molecule has 0 fully saturated rings. The minimum atomic E-state index is -0.439. The first kappa shape index (κ1) is 18.3. The number of hydrogen-bond donors (Lipinski definition) is 0. The minimum absolute atomic E-state index is 0.148. The van der Waals surface area contributed by atoms with Crippen LogP contribution >= 0.6 is 23.2 Å². The zero-order valence-electron chi connectivity index (χ0n) is 12.8. The van der Waals surface area contributed by atoms with Crippen LogP contribution in [0.3, 0.4) is 0 Å². The van der Waals surface area contributed by atoms with Crippen LogP contribution in [0.2, 0.25) is 0 Å². The van der Waals surface area contributed by atoms with E-state index in [-0.39, 0.29) is 25.0 Å². The van der Waals surface area contributed by atoms with Gasteiger partial charge in [-0.1, -0.05) is 48.5 Å². The van der Waals surface area contributed by atoms with Crippen molar-refractivity contribution in [2.75, 3.05) is 11.8 Å². The van der Waals surface area contributed by atoms with Crippen LogP contribution in [0.15, 0.2) is 48.5 Å². The first-order chi connectivity index (χ1) is 11.6. The van der Waals surface area contributed by atoms with Gasteiger partial charge in [-0.2, -0.15) is 0 Å². The summed E-state index contributed by atoms with van der Waals surface area (Å²) in [5.41, 5.74) is 3.85. The Kier molecular flexibility index (Phi) is 7.09. The second kappa shape index (κ2) is 9.30. The van der Waals surface area contributed by atoms with Crippen molar-refractivity contribution in [3.8, 4) is 11.1 Å². The number of alkyl halides is 2. The summed E-state index contributed by atoms with van der Waals surface area (Å²) < 4.78 is 9.94. The van der Waals surface area contributed by atoms with E-state index in [2.05, 4.69) is 0 Å². The predicted molar refractivity (Wildman–Crippen MR) is 92.9 cm³/mol. The maximum Gasteiger partial charge on any atom is 0.321 e. The van der Waals surface area contributed by atoms with Gasteiger partial charge in [-0.05, 0) is 22.3 Å². The highest BCUT2D eigenvalue weighted by atomic mass is 35.5. The smallest absolute Gasteiger partial charge is 0.321 e. The summed E-state index contributed by atoms with van der Waals surface area (Å²) in [7, 11) is 0. The molecule has 24 heavy (non-hydrogen) atoms. The quantitative estimate of drug-likeness (QED) is 0.550. The second-order valence-electron chi connectivity index (χ2n) is 4.98. The third-order valence-corrected chi connectivity index (χ3v) is 3.70. The summed E-state index contributed by atoms with van der Waals surface area (Å²) in [5, 5.41) is 0. The lowest BCUT2D eigenvalue weighted by molar-refractivity contribution is -0.142. The van der Waals surface area contributed by atoms with Crippen molar-refractivity contribution in [3.05, 3.63) is 59.7 Å². The van der Waals surface area contributed by atoms with E-state index in [0.29, 0.717) is 0 Å². The molecule has 2 rings (SSSR count). The van der Waals surface area contributed by atoms with Gasteiger partial charge in [-0.15, -0.1) is 23.2 Å². The van der Waals surface area contributed by atoms with Crippen LogP contribution in [0.4, 0.5) is 0 Å². The third kappa shape index (κ3) is 5.55. The first-order valence-corrected chi connectivity index (χ1v) is 8.30. The largest absolute Gasteiger partial charge is 0.460 e. The molecule has 2 aromatic carbocycles. The summed E-state index contributed by atoms with van der Waals surface area (Å²) in [5.74, 6) is -1.17. The van der Waals surface area contributed by atoms with Gasteiger partial charge >= 0.3 is 11.9 Å². The number of esters is 2. The van der Waals surface area contributed by atoms with Crippen LogP contribution in [0.1, 0.15) is 11.1 Å². The van der Waals surface area contributed by atoms with E-state index in [0.717, 1.165) is 22.3 Å². The maximum atomic E-state index is 11.0. The summed E-state index contributed by atoms with van der Waals surface area (Å²) in [6, 6.07) is 15.4. The van der Waals surface area contributed by atoms with Crippen LogP contribution in [-0.4, -0.2) is 23.7 Å². The van der Waals surface area contributed by atoms with E-state index in [1.807, 2.05) is 48.5 Å². The topological polar surface area (TPSA) is 52.6 Å². The van der Waals surface area contributed by atoms with Gasteiger partial charge < -0.3 is 9.47 Å². The number of carbonyl (C=O) groups excluding carboxylic acids is 2. The Hall–Kier alpha value is -2.04. The average molecular weight is 367 g/mol. The van der Waals surface area contributed by atoms with E-state index in [1.54, 1.807) is 0 Å². The van der Waals surface area contributed by atoms with Gasteiger partial charge in [0.05, 0.1) is 0 Å². The molecule has 0 amide bonds. The zero-order chi connectivity index (χ0) is 17.4. The molecule has 0 saturated carbocycles. The summed E-state index contributed by atoms with van der Waals surface area (Å²) in [6.07, 6.45) is 0. The number of benzene rings is 2. The molecule has 0 N–H and O–H groups in total. The normalized spacial score (nSPS) is 10.2. The molecule has 0 aliphatic carbocycles. The standard InChI is InChI=1S/C18H16Cl2O4/c19-9-17(21)23-11-13-1-5-15(6-2-13)16-7-3-14(4-8-16)12-24-18(22)10-20/h1-8H,9-12H2. The number of halogens is 2. The van der Waals surface area contributed by atoms with Gasteiger partial charge in [0.2, 0.25) is 0 Å². The molecule has 0 heterocycles. The van der Waals surface area contributed by atoms with Crippen LogP contribution in [-0.2, 0) is 32.3 Å². The van der Waals surface area contributed by atoms with Crippen LogP contribution in [0.25, 0.3) is 11.1 Å². The molecule has 0 aliphatic heterocycles. The monoisotopic (exact) mass is 366 g/mol. The Bertz CT molecular complexity index is 620. The van der Waals surface area contributed by atoms with Gasteiger partial charge in [0.15, 0.2) is 0 Å². The minimum Gasteiger partial charge on any atom is -0.460 e. The zero-order valence-corrected chi connectivity index (χ0v) is 14.3. The highest BCUT2D eigenvalue weighted by Gasteiger charge is 2.04. The number of carbonyl (C=O) groups is 2.